The number of hydrogen-bond donors (Lipinski definition) is 4. The predicted octanol–water partition coefficient (Wildman–Crippen LogP) is -0.454. The summed E-state index contributed by atoms with van der Waals surface area (Å²) in [5, 5.41) is 20.2. The van der Waals surface area contributed by atoms with Crippen molar-refractivity contribution in [1.82, 2.24) is 10.6 Å². The highest BCUT2D eigenvalue weighted by atomic mass is 33.1. The Balaban J connectivity index is 4.00. The lowest BCUT2D eigenvalue weighted by Gasteiger charge is -2.13. The summed E-state index contributed by atoms with van der Waals surface area (Å²) in [5.74, 6) is -3.15. The molecule has 2 amide bonds. The molecule has 0 aromatic heterocycles. The lowest BCUT2D eigenvalue weighted by Crippen LogP contribution is -2.36. The van der Waals surface area contributed by atoms with E-state index in [1.807, 2.05) is 0 Å². The number of hydrogen-bond acceptors (Lipinski definition) is 6. The minimum atomic E-state index is -1.13. The molecule has 0 aliphatic heterocycles. The molecule has 0 aliphatic rings. The third kappa shape index (κ3) is 8.64. The molecule has 0 heterocycles. The summed E-state index contributed by atoms with van der Waals surface area (Å²) in [6.07, 6.45) is 0. The maximum Gasteiger partial charge on any atom is 0.322 e. The Bertz CT molecular complexity index is 354. The van der Waals surface area contributed by atoms with Crippen molar-refractivity contribution in [2.24, 2.45) is 0 Å². The number of rotatable bonds is 9. The van der Waals surface area contributed by atoms with Gasteiger partial charge >= 0.3 is 11.9 Å². The average Bonchev–Trinajstić information content (AvgIpc) is 2.38. The van der Waals surface area contributed by atoms with Crippen LogP contribution in [-0.2, 0) is 19.2 Å². The first-order valence-corrected chi connectivity index (χ1v) is 7.82. The van der Waals surface area contributed by atoms with Crippen LogP contribution in [-0.4, -0.2) is 57.6 Å². The summed E-state index contributed by atoms with van der Waals surface area (Å²) in [4.78, 5) is 43.5. The first-order valence-electron chi connectivity index (χ1n) is 5.55. The third-order valence-electron chi connectivity index (χ3n) is 1.91. The van der Waals surface area contributed by atoms with E-state index in [9.17, 15) is 19.2 Å². The van der Waals surface area contributed by atoms with E-state index < -0.39 is 47.3 Å². The van der Waals surface area contributed by atoms with E-state index in [2.05, 4.69) is 10.6 Å². The zero-order valence-corrected chi connectivity index (χ0v) is 12.5. The normalized spacial score (nSPS) is 13.1. The highest BCUT2D eigenvalue weighted by molar-refractivity contribution is 8.77. The fraction of sp³-hybridized carbons (Fsp3) is 0.600. The Morgan fingerprint density at radius 2 is 1.15 bits per heavy atom. The maximum absolute atomic E-state index is 11.5. The van der Waals surface area contributed by atoms with Crippen LogP contribution in [0.25, 0.3) is 0 Å². The Labute approximate surface area is 123 Å². The van der Waals surface area contributed by atoms with Gasteiger partial charge in [-0.25, -0.2) is 0 Å². The smallest absolute Gasteiger partial charge is 0.322 e. The number of carbonyl (C=O) groups is 4. The van der Waals surface area contributed by atoms with E-state index in [-0.39, 0.29) is 0 Å². The van der Waals surface area contributed by atoms with Crippen LogP contribution in [0.15, 0.2) is 0 Å². The second kappa shape index (κ2) is 9.48. The van der Waals surface area contributed by atoms with E-state index in [1.165, 1.54) is 0 Å². The molecule has 20 heavy (non-hydrogen) atoms. The van der Waals surface area contributed by atoms with Crippen LogP contribution in [0.5, 0.6) is 0 Å². The molecule has 0 radical (unpaired) electrons. The zero-order valence-electron chi connectivity index (χ0n) is 10.9. The molecular weight excluding hydrogens is 308 g/mol. The second-order valence-electron chi connectivity index (χ2n) is 3.70. The molecule has 8 nitrogen and oxygen atoms in total. The quantitative estimate of drug-likeness (QED) is 0.419. The number of carbonyl (C=O) groups excluding carboxylic acids is 2. The highest BCUT2D eigenvalue weighted by Gasteiger charge is 2.19. The van der Waals surface area contributed by atoms with Gasteiger partial charge in [0.25, 0.3) is 0 Å². The molecule has 10 heteroatoms. The van der Waals surface area contributed by atoms with Gasteiger partial charge in [-0.15, -0.1) is 0 Å². The van der Waals surface area contributed by atoms with Gasteiger partial charge in [0.05, 0.1) is 10.5 Å². The molecule has 0 spiro atoms. The average molecular weight is 324 g/mol. The Kier molecular flexibility index (Phi) is 8.81. The zero-order chi connectivity index (χ0) is 15.7. The van der Waals surface area contributed by atoms with Crippen LogP contribution in [0.3, 0.4) is 0 Å². The molecule has 2 unspecified atom stereocenters. The summed E-state index contributed by atoms with van der Waals surface area (Å²) in [6, 6.07) is 0. The summed E-state index contributed by atoms with van der Waals surface area (Å²) in [6.45, 7) is 2.25. The SMILES string of the molecule is CC(SSC(C)C(=O)NCC(=O)O)C(=O)NCC(=O)O. The first kappa shape index (κ1) is 18.6. The van der Waals surface area contributed by atoms with Crippen molar-refractivity contribution in [1.29, 1.82) is 0 Å². The van der Waals surface area contributed by atoms with Crippen molar-refractivity contribution in [3.8, 4) is 0 Å². The summed E-state index contributed by atoms with van der Waals surface area (Å²) in [7, 11) is 2.22. The third-order valence-corrected chi connectivity index (χ3v) is 5.09. The predicted molar refractivity (Wildman–Crippen MR) is 75.4 cm³/mol. The molecule has 0 aromatic carbocycles. The number of nitrogens with one attached hydrogen (secondary N) is 2. The molecule has 4 N–H and O–H groups in total. The van der Waals surface area contributed by atoms with Crippen molar-refractivity contribution in [2.75, 3.05) is 13.1 Å². The summed E-state index contributed by atoms with van der Waals surface area (Å²) < 4.78 is 0. The molecule has 114 valence electrons. The van der Waals surface area contributed by atoms with Gasteiger partial charge < -0.3 is 20.8 Å². The molecule has 0 aliphatic carbocycles. The van der Waals surface area contributed by atoms with Crippen LogP contribution in [0.1, 0.15) is 13.8 Å². The Morgan fingerprint density at radius 1 is 0.850 bits per heavy atom. The van der Waals surface area contributed by atoms with Gasteiger partial charge in [-0.3, -0.25) is 19.2 Å². The molecule has 0 fully saturated rings. The van der Waals surface area contributed by atoms with Crippen molar-refractivity contribution in [3.63, 3.8) is 0 Å². The van der Waals surface area contributed by atoms with Gasteiger partial charge in [-0.1, -0.05) is 21.6 Å². The van der Waals surface area contributed by atoms with E-state index in [4.69, 9.17) is 10.2 Å². The van der Waals surface area contributed by atoms with Gasteiger partial charge in [0.1, 0.15) is 13.1 Å². The van der Waals surface area contributed by atoms with Crippen molar-refractivity contribution in [2.45, 2.75) is 24.3 Å². The second-order valence-corrected chi connectivity index (χ2v) is 6.65. The van der Waals surface area contributed by atoms with E-state index in [0.717, 1.165) is 21.6 Å². The van der Waals surface area contributed by atoms with Crippen LogP contribution in [0, 0.1) is 0 Å². The first-order chi connectivity index (χ1) is 9.23. The van der Waals surface area contributed by atoms with Crippen LogP contribution in [0.4, 0.5) is 0 Å². The Hall–Kier alpha value is -1.42. The standard InChI is InChI=1S/C10H16N2O6S2/c1-5(9(17)11-3-7(13)14)19-20-6(2)10(18)12-4-8(15)16/h5-6H,3-4H2,1-2H3,(H,11,17)(H,12,18)(H,13,14)(H,15,16). The van der Waals surface area contributed by atoms with Gasteiger partial charge in [0, 0.05) is 0 Å². The van der Waals surface area contributed by atoms with Crippen LogP contribution in [0.2, 0.25) is 0 Å². The van der Waals surface area contributed by atoms with Gasteiger partial charge in [-0.2, -0.15) is 0 Å². The molecule has 0 aromatic rings. The van der Waals surface area contributed by atoms with E-state index in [0.29, 0.717) is 0 Å². The monoisotopic (exact) mass is 324 g/mol. The maximum atomic E-state index is 11.5. The number of carboxylic acids is 2. The molecule has 2 atom stereocenters. The lowest BCUT2D eigenvalue weighted by molar-refractivity contribution is -0.138. The topological polar surface area (TPSA) is 133 Å². The fourth-order valence-corrected chi connectivity index (χ4v) is 3.07. The summed E-state index contributed by atoms with van der Waals surface area (Å²) >= 11 is 0. The van der Waals surface area contributed by atoms with Gasteiger partial charge in [0.15, 0.2) is 0 Å². The Morgan fingerprint density at radius 3 is 1.40 bits per heavy atom. The van der Waals surface area contributed by atoms with Crippen LogP contribution >= 0.6 is 21.6 Å². The van der Waals surface area contributed by atoms with Crippen molar-refractivity contribution in [3.05, 3.63) is 0 Å². The molecular formula is C10H16N2O6S2. The molecule has 0 saturated carbocycles. The molecule has 0 rings (SSSR count). The minimum absolute atomic E-state index is 0.442. The number of aliphatic carboxylic acids is 2. The molecule has 0 saturated heterocycles. The number of amides is 2. The van der Waals surface area contributed by atoms with Gasteiger partial charge in [-0.05, 0) is 13.8 Å². The highest BCUT2D eigenvalue weighted by Crippen LogP contribution is 2.31. The van der Waals surface area contributed by atoms with E-state index in [1.54, 1.807) is 13.8 Å². The lowest BCUT2D eigenvalue weighted by atomic mass is 10.4. The largest absolute Gasteiger partial charge is 0.480 e. The van der Waals surface area contributed by atoms with Crippen molar-refractivity contribution < 1.29 is 29.4 Å². The van der Waals surface area contributed by atoms with Gasteiger partial charge in [0.2, 0.25) is 11.8 Å². The van der Waals surface area contributed by atoms with Crippen LogP contribution < -0.4 is 10.6 Å². The fourth-order valence-electron chi connectivity index (χ4n) is 0.867. The van der Waals surface area contributed by atoms with E-state index >= 15 is 0 Å². The minimum Gasteiger partial charge on any atom is -0.480 e. The van der Waals surface area contributed by atoms with Crippen molar-refractivity contribution >= 4 is 45.3 Å². The summed E-state index contributed by atoms with van der Waals surface area (Å²) in [5.41, 5.74) is 0. The molecule has 0 bridgehead atoms. The number of carboxylic acid groups (broad SMARTS) is 2.